The van der Waals surface area contributed by atoms with Gasteiger partial charge in [0.05, 0.1) is 28.9 Å². The van der Waals surface area contributed by atoms with Gasteiger partial charge in [-0.25, -0.2) is 0 Å². The first-order chi connectivity index (χ1) is 7.68. The van der Waals surface area contributed by atoms with Crippen molar-refractivity contribution in [2.24, 2.45) is 10.8 Å². The third-order valence-electron chi connectivity index (χ3n) is 3.04. The molecule has 2 bridgehead atoms. The van der Waals surface area contributed by atoms with Gasteiger partial charge in [0.1, 0.15) is 0 Å². The van der Waals surface area contributed by atoms with Crippen LogP contribution < -0.4 is 0 Å². The zero-order valence-corrected chi connectivity index (χ0v) is 9.81. The van der Waals surface area contributed by atoms with Crippen LogP contribution in [0, 0.1) is 56.2 Å². The van der Waals surface area contributed by atoms with Crippen LogP contribution in [0.5, 0.6) is 0 Å². The fraction of sp³-hybridized carbons (Fsp3) is 0.600. The first-order valence-corrected chi connectivity index (χ1v) is 6.59. The van der Waals surface area contributed by atoms with E-state index in [-0.39, 0.29) is 9.83 Å². The zero-order chi connectivity index (χ0) is 11.8. The predicted octanol–water partition coefficient (Wildman–Crippen LogP) is 1.63. The Morgan fingerprint density at radius 3 is 2.12 bits per heavy atom. The number of nitrogens with zero attached hydrogens (tertiary/aromatic N) is 4. The van der Waals surface area contributed by atoms with Gasteiger partial charge in [-0.15, -0.1) is 23.5 Å². The second-order valence-electron chi connectivity index (χ2n) is 3.79. The van der Waals surface area contributed by atoms with Crippen LogP contribution in [0.25, 0.3) is 0 Å². The summed E-state index contributed by atoms with van der Waals surface area (Å²) in [4.78, 5) is 0. The van der Waals surface area contributed by atoms with Crippen LogP contribution in [0.3, 0.4) is 0 Å². The molecule has 2 atom stereocenters. The molecule has 2 saturated heterocycles. The molecule has 4 nitrogen and oxygen atoms in total. The Hall–Kier alpha value is -1.34. The van der Waals surface area contributed by atoms with Gasteiger partial charge in [-0.3, -0.25) is 0 Å². The van der Waals surface area contributed by atoms with E-state index in [1.54, 1.807) is 11.8 Å². The Morgan fingerprint density at radius 2 is 1.62 bits per heavy atom. The summed E-state index contributed by atoms with van der Waals surface area (Å²) in [6, 6.07) is 7.74. The van der Waals surface area contributed by atoms with E-state index in [1.165, 1.54) is 11.8 Å². The Labute approximate surface area is 102 Å². The average Bonchev–Trinajstić information content (AvgIpc) is 2.74. The highest BCUT2D eigenvalue weighted by molar-refractivity contribution is 8.20. The van der Waals surface area contributed by atoms with Gasteiger partial charge in [-0.05, 0) is 6.42 Å². The standard InChI is InChI=1S/C10H6N4S2/c11-3-9(4-12)1-7-2-15-8(16-7)10(9,5-13)6-14/h7-8H,1-2H2. The van der Waals surface area contributed by atoms with Crippen molar-refractivity contribution in [1.29, 1.82) is 21.0 Å². The first kappa shape index (κ1) is 11.2. The van der Waals surface area contributed by atoms with Crippen LogP contribution >= 0.6 is 23.5 Å². The van der Waals surface area contributed by atoms with Crippen LogP contribution in [0.4, 0.5) is 0 Å². The molecule has 0 aromatic carbocycles. The van der Waals surface area contributed by atoms with Crippen LogP contribution in [0.2, 0.25) is 0 Å². The summed E-state index contributed by atoms with van der Waals surface area (Å²) in [6.45, 7) is 0. The van der Waals surface area contributed by atoms with Crippen LogP contribution in [0.15, 0.2) is 0 Å². The minimum absolute atomic E-state index is 0.212. The van der Waals surface area contributed by atoms with E-state index >= 15 is 0 Å². The second-order valence-corrected chi connectivity index (χ2v) is 6.63. The van der Waals surface area contributed by atoms with Crippen molar-refractivity contribution in [2.75, 3.05) is 5.75 Å². The number of hydrogen-bond acceptors (Lipinski definition) is 6. The lowest BCUT2D eigenvalue weighted by Gasteiger charge is -2.38. The molecule has 0 aromatic heterocycles. The predicted molar refractivity (Wildman–Crippen MR) is 59.6 cm³/mol. The highest BCUT2D eigenvalue weighted by atomic mass is 32.2. The van der Waals surface area contributed by atoms with E-state index in [0.29, 0.717) is 6.42 Å². The Bertz CT molecular complexity index is 459. The third kappa shape index (κ3) is 1.09. The number of hydrogen-bond donors (Lipinski definition) is 0. The zero-order valence-electron chi connectivity index (χ0n) is 8.17. The van der Waals surface area contributed by atoms with Crippen molar-refractivity contribution in [2.45, 2.75) is 16.3 Å². The van der Waals surface area contributed by atoms with E-state index in [1.807, 2.05) is 24.3 Å². The second kappa shape index (κ2) is 3.60. The van der Waals surface area contributed by atoms with Crippen LogP contribution in [-0.2, 0) is 0 Å². The smallest absolute Gasteiger partial charge is 0.196 e. The summed E-state index contributed by atoms with van der Waals surface area (Å²) < 4.78 is -0.277. The molecule has 6 heteroatoms. The normalized spacial score (nSPS) is 32.8. The molecule has 2 rings (SSSR count). The Balaban J connectivity index is 2.63. The Kier molecular flexibility index (Phi) is 2.51. The molecule has 0 aliphatic carbocycles. The van der Waals surface area contributed by atoms with Gasteiger partial charge in [0.15, 0.2) is 10.8 Å². The summed E-state index contributed by atoms with van der Waals surface area (Å²) in [5.74, 6) is 0.811. The van der Waals surface area contributed by atoms with Gasteiger partial charge in [0.25, 0.3) is 0 Å². The van der Waals surface area contributed by atoms with E-state index in [2.05, 4.69) is 0 Å². The van der Waals surface area contributed by atoms with E-state index in [9.17, 15) is 21.0 Å². The van der Waals surface area contributed by atoms with Crippen LogP contribution in [0.1, 0.15) is 6.42 Å². The van der Waals surface area contributed by atoms with Gasteiger partial charge in [-0.1, -0.05) is 0 Å². The molecule has 16 heavy (non-hydrogen) atoms. The molecule has 2 unspecified atom stereocenters. The summed E-state index contributed by atoms with van der Waals surface area (Å²) in [5.41, 5.74) is -2.97. The molecule has 2 aliphatic rings. The first-order valence-electron chi connectivity index (χ1n) is 4.60. The summed E-state index contributed by atoms with van der Waals surface area (Å²) in [7, 11) is 0. The molecule has 0 N–H and O–H groups in total. The van der Waals surface area contributed by atoms with Crippen molar-refractivity contribution in [3.8, 4) is 24.3 Å². The van der Waals surface area contributed by atoms with Crippen molar-refractivity contribution in [3.05, 3.63) is 0 Å². The molecule has 2 fully saturated rings. The maximum atomic E-state index is 9.26. The molecule has 0 spiro atoms. The van der Waals surface area contributed by atoms with Gasteiger partial charge < -0.3 is 0 Å². The lowest BCUT2D eigenvalue weighted by atomic mass is 9.64. The highest BCUT2D eigenvalue weighted by Crippen LogP contribution is 2.62. The van der Waals surface area contributed by atoms with Gasteiger partial charge in [0.2, 0.25) is 0 Å². The van der Waals surface area contributed by atoms with E-state index in [0.717, 1.165) is 5.75 Å². The maximum Gasteiger partial charge on any atom is 0.196 e. The van der Waals surface area contributed by atoms with Crippen molar-refractivity contribution < 1.29 is 0 Å². The fourth-order valence-corrected chi connectivity index (χ4v) is 5.94. The molecular formula is C10H6N4S2. The minimum Gasteiger partial charge on any atom is -0.196 e. The van der Waals surface area contributed by atoms with Crippen LogP contribution in [-0.4, -0.2) is 15.6 Å². The number of rotatable bonds is 0. The molecule has 0 amide bonds. The summed E-state index contributed by atoms with van der Waals surface area (Å²) in [6.07, 6.45) is 0.315. The molecule has 2 aliphatic heterocycles. The summed E-state index contributed by atoms with van der Waals surface area (Å²) >= 11 is 3.08. The lowest BCUT2D eigenvalue weighted by molar-refractivity contribution is 0.295. The van der Waals surface area contributed by atoms with E-state index < -0.39 is 10.8 Å². The molecule has 0 saturated carbocycles. The SMILES string of the molecule is N#CC1(C#N)CC2CSC(S2)C1(C#N)C#N. The number of nitriles is 4. The topological polar surface area (TPSA) is 95.2 Å². The quantitative estimate of drug-likeness (QED) is 0.644. The lowest BCUT2D eigenvalue weighted by Crippen LogP contribution is -2.47. The largest absolute Gasteiger partial charge is 0.196 e. The maximum absolute atomic E-state index is 9.26. The minimum atomic E-state index is -1.50. The molecule has 78 valence electrons. The van der Waals surface area contributed by atoms with Crippen molar-refractivity contribution in [1.82, 2.24) is 0 Å². The van der Waals surface area contributed by atoms with E-state index in [4.69, 9.17) is 0 Å². The summed E-state index contributed by atoms with van der Waals surface area (Å²) in [5, 5.41) is 37.1. The average molecular weight is 246 g/mol. The van der Waals surface area contributed by atoms with Gasteiger partial charge in [0, 0.05) is 11.0 Å². The molecule has 0 radical (unpaired) electrons. The molecular weight excluding hydrogens is 240 g/mol. The third-order valence-corrected chi connectivity index (χ3v) is 6.57. The highest BCUT2D eigenvalue weighted by Gasteiger charge is 2.65. The number of thioether (sulfide) groups is 2. The Morgan fingerprint density at radius 1 is 1.00 bits per heavy atom. The molecule has 0 aromatic rings. The van der Waals surface area contributed by atoms with Crippen molar-refractivity contribution in [3.63, 3.8) is 0 Å². The van der Waals surface area contributed by atoms with Crippen molar-refractivity contribution >= 4 is 23.5 Å². The fourth-order valence-electron chi connectivity index (χ4n) is 2.10. The number of fused-ring (bicyclic) bond motifs is 2. The monoisotopic (exact) mass is 246 g/mol. The molecule has 2 heterocycles. The van der Waals surface area contributed by atoms with Gasteiger partial charge in [-0.2, -0.15) is 21.0 Å². The van der Waals surface area contributed by atoms with Gasteiger partial charge >= 0.3 is 0 Å².